The minimum atomic E-state index is -0.159. The fourth-order valence-electron chi connectivity index (χ4n) is 3.79. The summed E-state index contributed by atoms with van der Waals surface area (Å²) in [5, 5.41) is 7.80. The Morgan fingerprint density at radius 1 is 1.43 bits per heavy atom. The van der Waals surface area contributed by atoms with Gasteiger partial charge >= 0.3 is 0 Å². The molecule has 0 spiro atoms. The molecule has 8 nitrogen and oxygen atoms in total. The first-order chi connectivity index (χ1) is 14.6. The largest absolute Gasteiger partial charge is 0.383 e. The molecule has 1 aliphatic rings. The number of ether oxygens (including phenoxy) is 1. The quantitative estimate of drug-likeness (QED) is 0.581. The van der Waals surface area contributed by atoms with Gasteiger partial charge in [0.25, 0.3) is 11.8 Å². The maximum atomic E-state index is 12.9. The Hall–Kier alpha value is -2.78. The highest BCUT2D eigenvalue weighted by Crippen LogP contribution is 2.39. The number of fused-ring (bicyclic) bond motifs is 1. The molecule has 2 amide bonds. The molecule has 0 aliphatic carbocycles. The highest BCUT2D eigenvalue weighted by molar-refractivity contribution is 7.20. The summed E-state index contributed by atoms with van der Waals surface area (Å²) in [5.74, 6) is 0.0385. The first-order valence-electron chi connectivity index (χ1n) is 10.0. The van der Waals surface area contributed by atoms with Crippen LogP contribution in [-0.4, -0.2) is 60.2 Å². The second-order valence-corrected chi connectivity index (χ2v) is 8.22. The lowest BCUT2D eigenvalue weighted by molar-refractivity contribution is 0.0749. The van der Waals surface area contributed by atoms with Gasteiger partial charge in [0.15, 0.2) is 0 Å². The predicted molar refractivity (Wildman–Crippen MR) is 113 cm³/mol. The van der Waals surface area contributed by atoms with E-state index in [9.17, 15) is 9.59 Å². The Labute approximate surface area is 178 Å². The van der Waals surface area contributed by atoms with E-state index < -0.39 is 0 Å². The van der Waals surface area contributed by atoms with Crippen LogP contribution in [0.1, 0.15) is 50.7 Å². The highest BCUT2D eigenvalue weighted by Gasteiger charge is 2.34. The standard InChI is InChI=1S/C21H24N4O4S/c1-3-14-11-16(29-24-14)21(27)25-9-6-13(12-25)17-15-5-4-7-23-20(15)30-18(17)19(26)22-8-10-28-2/h4-5,7,11,13H,3,6,8-10,12H2,1-2H3,(H,22,26). The molecule has 30 heavy (non-hydrogen) atoms. The van der Waals surface area contributed by atoms with Crippen molar-refractivity contribution in [3.8, 4) is 0 Å². The van der Waals surface area contributed by atoms with E-state index in [1.165, 1.54) is 11.3 Å². The topological polar surface area (TPSA) is 97.6 Å². The van der Waals surface area contributed by atoms with Gasteiger partial charge in [-0.2, -0.15) is 0 Å². The third-order valence-corrected chi connectivity index (χ3v) is 6.45. The number of carbonyl (C=O) groups is 2. The minimum absolute atomic E-state index is 0.0589. The predicted octanol–water partition coefficient (Wildman–Crippen LogP) is 2.85. The van der Waals surface area contributed by atoms with Crippen LogP contribution in [0.3, 0.4) is 0 Å². The first-order valence-corrected chi connectivity index (χ1v) is 10.8. The molecule has 4 heterocycles. The number of rotatable bonds is 7. The average molecular weight is 429 g/mol. The van der Waals surface area contributed by atoms with Crippen molar-refractivity contribution in [2.24, 2.45) is 0 Å². The van der Waals surface area contributed by atoms with Crippen LogP contribution in [0.5, 0.6) is 0 Å². The number of methoxy groups -OCH3 is 1. The number of hydrogen-bond acceptors (Lipinski definition) is 7. The van der Waals surface area contributed by atoms with Crippen molar-refractivity contribution in [1.82, 2.24) is 20.4 Å². The molecular formula is C21H24N4O4S. The highest BCUT2D eigenvalue weighted by atomic mass is 32.1. The van der Waals surface area contributed by atoms with E-state index in [-0.39, 0.29) is 23.5 Å². The molecule has 3 aromatic rings. The van der Waals surface area contributed by atoms with Gasteiger partial charge in [0.1, 0.15) is 4.83 Å². The molecule has 0 bridgehead atoms. The SMILES string of the molecule is CCc1cc(C(=O)N2CCC(c3c(C(=O)NCCOC)sc4ncccc34)C2)on1. The lowest BCUT2D eigenvalue weighted by atomic mass is 9.95. The molecule has 0 saturated carbocycles. The molecule has 1 atom stereocenters. The summed E-state index contributed by atoms with van der Waals surface area (Å²) in [7, 11) is 1.60. The van der Waals surface area contributed by atoms with Crippen molar-refractivity contribution < 1.29 is 18.8 Å². The molecule has 158 valence electrons. The summed E-state index contributed by atoms with van der Waals surface area (Å²) in [6.45, 7) is 3.99. The summed E-state index contributed by atoms with van der Waals surface area (Å²) in [6, 6.07) is 5.58. The second kappa shape index (κ2) is 8.93. The van der Waals surface area contributed by atoms with Gasteiger partial charge in [-0.15, -0.1) is 11.3 Å². The number of amides is 2. The monoisotopic (exact) mass is 428 g/mol. The Kier molecular flexibility index (Phi) is 6.10. The van der Waals surface area contributed by atoms with Crippen LogP contribution in [0.15, 0.2) is 28.9 Å². The zero-order valence-electron chi connectivity index (χ0n) is 17.0. The smallest absolute Gasteiger partial charge is 0.292 e. The molecular weight excluding hydrogens is 404 g/mol. The van der Waals surface area contributed by atoms with Crippen molar-refractivity contribution >= 4 is 33.4 Å². The molecule has 1 saturated heterocycles. The number of thiophene rings is 1. The van der Waals surface area contributed by atoms with E-state index in [1.807, 2.05) is 19.1 Å². The van der Waals surface area contributed by atoms with E-state index in [0.29, 0.717) is 31.1 Å². The van der Waals surface area contributed by atoms with Crippen molar-refractivity contribution in [2.45, 2.75) is 25.7 Å². The summed E-state index contributed by atoms with van der Waals surface area (Å²) in [6.07, 6.45) is 3.23. The number of nitrogens with one attached hydrogen (secondary N) is 1. The lowest BCUT2D eigenvalue weighted by Crippen LogP contribution is -2.29. The van der Waals surface area contributed by atoms with Crippen LogP contribution >= 0.6 is 11.3 Å². The van der Waals surface area contributed by atoms with Crippen LogP contribution in [0.4, 0.5) is 0 Å². The summed E-state index contributed by atoms with van der Waals surface area (Å²) in [5.41, 5.74) is 1.74. The van der Waals surface area contributed by atoms with Gasteiger partial charge < -0.3 is 19.5 Å². The van der Waals surface area contributed by atoms with Crippen LogP contribution in [0.2, 0.25) is 0 Å². The zero-order chi connectivity index (χ0) is 21.1. The maximum absolute atomic E-state index is 12.9. The van der Waals surface area contributed by atoms with E-state index >= 15 is 0 Å². The lowest BCUT2D eigenvalue weighted by Gasteiger charge is -2.15. The van der Waals surface area contributed by atoms with Gasteiger partial charge in [-0.1, -0.05) is 18.1 Å². The number of aryl methyl sites for hydroxylation is 1. The Balaban J connectivity index is 1.58. The maximum Gasteiger partial charge on any atom is 0.292 e. The van der Waals surface area contributed by atoms with E-state index in [4.69, 9.17) is 9.26 Å². The van der Waals surface area contributed by atoms with Gasteiger partial charge in [0.2, 0.25) is 5.76 Å². The Bertz CT molecular complexity index is 1060. The molecule has 1 unspecified atom stereocenters. The molecule has 1 aliphatic heterocycles. The molecule has 1 N–H and O–H groups in total. The Morgan fingerprint density at radius 2 is 2.30 bits per heavy atom. The zero-order valence-corrected chi connectivity index (χ0v) is 17.8. The third-order valence-electron chi connectivity index (χ3n) is 5.32. The molecule has 0 aromatic carbocycles. The number of likely N-dealkylation sites (tertiary alicyclic amines) is 1. The fraction of sp³-hybridized carbons (Fsp3) is 0.429. The van der Waals surface area contributed by atoms with Crippen LogP contribution < -0.4 is 5.32 Å². The number of nitrogens with zero attached hydrogens (tertiary/aromatic N) is 3. The summed E-state index contributed by atoms with van der Waals surface area (Å²) in [4.78, 5) is 33.4. The van der Waals surface area contributed by atoms with Gasteiger partial charge in [-0.25, -0.2) is 4.98 Å². The Morgan fingerprint density at radius 3 is 3.07 bits per heavy atom. The van der Waals surface area contributed by atoms with E-state index in [0.717, 1.165) is 34.3 Å². The van der Waals surface area contributed by atoms with E-state index in [2.05, 4.69) is 15.5 Å². The van der Waals surface area contributed by atoms with Crippen molar-refractivity contribution in [3.63, 3.8) is 0 Å². The number of pyridine rings is 1. The summed E-state index contributed by atoms with van der Waals surface area (Å²) < 4.78 is 10.2. The first kappa shape index (κ1) is 20.5. The van der Waals surface area contributed by atoms with Crippen LogP contribution in [0, 0.1) is 0 Å². The van der Waals surface area contributed by atoms with Crippen molar-refractivity contribution in [1.29, 1.82) is 0 Å². The fourth-order valence-corrected chi connectivity index (χ4v) is 4.93. The number of hydrogen-bond donors (Lipinski definition) is 1. The molecule has 3 aromatic heterocycles. The molecule has 0 radical (unpaired) electrons. The van der Waals surface area contributed by atoms with Gasteiger partial charge in [-0.05, 0) is 24.5 Å². The van der Waals surface area contributed by atoms with Crippen molar-refractivity contribution in [3.05, 3.63) is 46.3 Å². The van der Waals surface area contributed by atoms with Gasteiger partial charge in [0, 0.05) is 50.3 Å². The molecule has 1 fully saturated rings. The van der Waals surface area contributed by atoms with Crippen LogP contribution in [0.25, 0.3) is 10.2 Å². The average Bonchev–Trinajstić information content (AvgIpc) is 3.50. The van der Waals surface area contributed by atoms with E-state index in [1.54, 1.807) is 24.3 Å². The minimum Gasteiger partial charge on any atom is -0.383 e. The molecule has 4 rings (SSSR count). The second-order valence-electron chi connectivity index (χ2n) is 7.22. The molecule has 9 heteroatoms. The van der Waals surface area contributed by atoms with Crippen molar-refractivity contribution in [2.75, 3.05) is 33.4 Å². The third kappa shape index (κ3) is 3.95. The summed E-state index contributed by atoms with van der Waals surface area (Å²) >= 11 is 1.39. The number of aromatic nitrogens is 2. The normalized spacial score (nSPS) is 16.3. The van der Waals surface area contributed by atoms with Gasteiger partial charge in [-0.3, -0.25) is 9.59 Å². The van der Waals surface area contributed by atoms with Gasteiger partial charge in [0.05, 0.1) is 17.2 Å². The number of carbonyl (C=O) groups excluding carboxylic acids is 2. The van der Waals surface area contributed by atoms with Crippen LogP contribution in [-0.2, 0) is 11.2 Å².